The van der Waals surface area contributed by atoms with Gasteiger partial charge in [0.25, 0.3) is 0 Å². The zero-order valence-corrected chi connectivity index (χ0v) is 20.4. The Morgan fingerprint density at radius 3 is 2.65 bits per heavy atom. The number of esters is 1. The number of thioether (sulfide) groups is 1. The molecule has 174 valence electrons. The summed E-state index contributed by atoms with van der Waals surface area (Å²) in [6.07, 6.45) is 1.49. The summed E-state index contributed by atoms with van der Waals surface area (Å²) >= 11 is 7.34. The minimum atomic E-state index is -0.620. The fraction of sp³-hybridized carbons (Fsp3) is 0.192. The Morgan fingerprint density at radius 2 is 1.97 bits per heavy atom. The minimum absolute atomic E-state index is 0.0600. The first-order valence-electron chi connectivity index (χ1n) is 10.5. The van der Waals surface area contributed by atoms with Gasteiger partial charge in [0.15, 0.2) is 0 Å². The topological polar surface area (TPSA) is 91.2 Å². The molecule has 2 aromatic carbocycles. The number of benzene rings is 2. The van der Waals surface area contributed by atoms with E-state index in [1.165, 1.54) is 17.8 Å². The molecular formula is C26H24ClN3O3S. The summed E-state index contributed by atoms with van der Waals surface area (Å²) < 4.78 is 5.30. The molecule has 8 heteroatoms. The van der Waals surface area contributed by atoms with Crippen LogP contribution in [0, 0.1) is 18.3 Å². The molecule has 1 aliphatic rings. The van der Waals surface area contributed by atoms with E-state index in [9.17, 15) is 14.9 Å². The van der Waals surface area contributed by atoms with Gasteiger partial charge in [0.2, 0.25) is 5.91 Å². The van der Waals surface area contributed by atoms with Gasteiger partial charge in [-0.15, -0.1) is 0 Å². The molecule has 0 saturated carbocycles. The Kier molecular flexibility index (Phi) is 8.58. The van der Waals surface area contributed by atoms with Crippen LogP contribution in [-0.4, -0.2) is 24.2 Å². The second-order valence-corrected chi connectivity index (χ2v) is 8.89. The number of dihydropyridines is 1. The quantitative estimate of drug-likeness (QED) is 0.375. The number of nitriles is 1. The van der Waals surface area contributed by atoms with Crippen molar-refractivity contribution in [1.29, 1.82) is 5.26 Å². The first kappa shape index (κ1) is 25.2. The molecule has 2 aromatic rings. The van der Waals surface area contributed by atoms with Gasteiger partial charge in [0.1, 0.15) is 6.61 Å². The fourth-order valence-electron chi connectivity index (χ4n) is 3.56. The number of amides is 1. The summed E-state index contributed by atoms with van der Waals surface area (Å²) in [4.78, 5) is 25.5. The van der Waals surface area contributed by atoms with E-state index in [2.05, 4.69) is 23.3 Å². The molecule has 0 fully saturated rings. The molecule has 1 amide bonds. The van der Waals surface area contributed by atoms with Crippen LogP contribution < -0.4 is 10.6 Å². The van der Waals surface area contributed by atoms with Gasteiger partial charge >= 0.3 is 5.97 Å². The molecule has 0 bridgehead atoms. The van der Waals surface area contributed by atoms with Crippen LogP contribution in [0.3, 0.4) is 0 Å². The lowest BCUT2D eigenvalue weighted by Gasteiger charge is -2.29. The summed E-state index contributed by atoms with van der Waals surface area (Å²) in [5.74, 6) is -1.32. The maximum absolute atomic E-state index is 12.9. The van der Waals surface area contributed by atoms with E-state index in [1.807, 2.05) is 37.3 Å². The predicted octanol–water partition coefficient (Wildman–Crippen LogP) is 5.45. The number of nitrogens with one attached hydrogen (secondary N) is 2. The van der Waals surface area contributed by atoms with Crippen LogP contribution in [0.5, 0.6) is 0 Å². The number of hydrogen-bond acceptors (Lipinski definition) is 6. The fourth-order valence-corrected chi connectivity index (χ4v) is 4.62. The number of carbonyl (C=O) groups is 2. The van der Waals surface area contributed by atoms with E-state index >= 15 is 0 Å². The molecule has 1 aliphatic heterocycles. The summed E-state index contributed by atoms with van der Waals surface area (Å²) in [5, 5.41) is 17.1. The van der Waals surface area contributed by atoms with Crippen molar-refractivity contribution < 1.29 is 14.3 Å². The number of allylic oxidation sites excluding steroid dienone is 2. The Hall–Kier alpha value is -3.47. The lowest BCUT2D eigenvalue weighted by molar-refractivity contribution is -0.138. The number of halogens is 1. The van der Waals surface area contributed by atoms with Gasteiger partial charge in [-0.3, -0.25) is 4.79 Å². The summed E-state index contributed by atoms with van der Waals surface area (Å²) in [7, 11) is 0. The van der Waals surface area contributed by atoms with Crippen molar-refractivity contribution in [2.45, 2.75) is 19.8 Å². The Morgan fingerprint density at radius 1 is 1.24 bits per heavy atom. The van der Waals surface area contributed by atoms with Crippen molar-refractivity contribution in [2.75, 3.05) is 17.7 Å². The highest BCUT2D eigenvalue weighted by Crippen LogP contribution is 2.41. The molecule has 0 aliphatic carbocycles. The molecule has 1 heterocycles. The molecular weight excluding hydrogens is 470 g/mol. The zero-order valence-electron chi connectivity index (χ0n) is 18.9. The van der Waals surface area contributed by atoms with Crippen molar-refractivity contribution in [1.82, 2.24) is 5.32 Å². The molecule has 0 aromatic heterocycles. The van der Waals surface area contributed by atoms with E-state index in [-0.39, 0.29) is 18.3 Å². The molecule has 34 heavy (non-hydrogen) atoms. The van der Waals surface area contributed by atoms with Crippen LogP contribution in [0.1, 0.15) is 24.0 Å². The molecule has 1 atom stereocenters. The van der Waals surface area contributed by atoms with E-state index in [0.717, 1.165) is 11.1 Å². The number of nitrogens with zero attached hydrogens (tertiary/aromatic N) is 1. The lowest BCUT2D eigenvalue weighted by atomic mass is 9.82. The zero-order chi connectivity index (χ0) is 24.7. The summed E-state index contributed by atoms with van der Waals surface area (Å²) in [6.45, 7) is 7.23. The lowest BCUT2D eigenvalue weighted by Crippen LogP contribution is -2.29. The maximum atomic E-state index is 12.9. The molecule has 0 spiro atoms. The standard InChI is InChI=1S/C26H24ClN3O3S/c1-4-13-33-26(32)23-17(3)29-25(19(14-28)24(23)18-9-6-5-7-10-18)34-15-22(31)30-21-12-8-11-20(27)16(21)2/h4-12,24,29H,1,13,15H2,2-3H3,(H,30,31)/t24-/m0/s1. The third-order valence-corrected chi connectivity index (χ3v) is 6.65. The Bertz CT molecular complexity index is 1220. The largest absolute Gasteiger partial charge is 0.458 e. The molecule has 0 unspecified atom stereocenters. The first-order valence-corrected chi connectivity index (χ1v) is 11.9. The number of hydrogen-bond donors (Lipinski definition) is 2. The summed E-state index contributed by atoms with van der Waals surface area (Å²) in [6, 6.07) is 16.8. The smallest absolute Gasteiger partial charge is 0.337 e. The number of anilines is 1. The van der Waals surface area contributed by atoms with Crippen molar-refractivity contribution >= 4 is 40.9 Å². The van der Waals surface area contributed by atoms with Crippen LogP contribution in [0.15, 0.2) is 83.1 Å². The van der Waals surface area contributed by atoms with Gasteiger partial charge in [-0.05, 0) is 37.1 Å². The highest BCUT2D eigenvalue weighted by molar-refractivity contribution is 8.03. The van der Waals surface area contributed by atoms with Crippen LogP contribution in [0.25, 0.3) is 0 Å². The molecule has 0 saturated heterocycles. The number of carbonyl (C=O) groups excluding carboxylic acids is 2. The first-order chi connectivity index (χ1) is 16.4. The van der Waals surface area contributed by atoms with Crippen molar-refractivity contribution in [3.8, 4) is 6.07 Å². The highest BCUT2D eigenvalue weighted by Gasteiger charge is 2.35. The average Bonchev–Trinajstić information content (AvgIpc) is 2.84. The van der Waals surface area contributed by atoms with Gasteiger partial charge in [-0.1, -0.05) is 72.4 Å². The highest BCUT2D eigenvalue weighted by atomic mass is 35.5. The van der Waals surface area contributed by atoms with Gasteiger partial charge in [0.05, 0.1) is 33.9 Å². The van der Waals surface area contributed by atoms with Crippen molar-refractivity contribution in [3.63, 3.8) is 0 Å². The maximum Gasteiger partial charge on any atom is 0.337 e. The van der Waals surface area contributed by atoms with Gasteiger partial charge in [-0.2, -0.15) is 5.26 Å². The normalized spacial score (nSPS) is 15.3. The van der Waals surface area contributed by atoms with Gasteiger partial charge in [0, 0.05) is 16.4 Å². The second-order valence-electron chi connectivity index (χ2n) is 7.50. The van der Waals surface area contributed by atoms with Crippen LogP contribution in [-0.2, 0) is 14.3 Å². The van der Waals surface area contributed by atoms with E-state index in [0.29, 0.717) is 32.6 Å². The number of rotatable bonds is 8. The molecule has 6 nitrogen and oxygen atoms in total. The third-order valence-electron chi connectivity index (χ3n) is 5.22. The Labute approximate surface area is 208 Å². The van der Waals surface area contributed by atoms with Gasteiger partial charge in [-0.25, -0.2) is 4.79 Å². The summed E-state index contributed by atoms with van der Waals surface area (Å²) in [5.41, 5.74) is 3.46. The third kappa shape index (κ3) is 5.71. The van der Waals surface area contributed by atoms with Crippen LogP contribution in [0.4, 0.5) is 5.69 Å². The Balaban J connectivity index is 1.88. The van der Waals surface area contributed by atoms with E-state index in [4.69, 9.17) is 16.3 Å². The average molecular weight is 494 g/mol. The molecule has 2 N–H and O–H groups in total. The van der Waals surface area contributed by atoms with E-state index < -0.39 is 11.9 Å². The van der Waals surface area contributed by atoms with Crippen molar-refractivity contribution in [2.24, 2.45) is 0 Å². The van der Waals surface area contributed by atoms with Crippen molar-refractivity contribution in [3.05, 3.63) is 99.2 Å². The molecule has 0 radical (unpaired) electrons. The SMILES string of the molecule is C=CCOC(=O)C1=C(C)NC(SCC(=O)Nc2cccc(Cl)c2C)=C(C#N)[C@@H]1c1ccccc1. The predicted molar refractivity (Wildman–Crippen MR) is 136 cm³/mol. The van der Waals surface area contributed by atoms with E-state index in [1.54, 1.807) is 25.1 Å². The monoisotopic (exact) mass is 493 g/mol. The number of ether oxygens (including phenoxy) is 1. The molecule has 3 rings (SSSR count). The minimum Gasteiger partial charge on any atom is -0.458 e. The van der Waals surface area contributed by atoms with Crippen LogP contribution in [0.2, 0.25) is 5.02 Å². The van der Waals surface area contributed by atoms with Crippen LogP contribution >= 0.6 is 23.4 Å². The van der Waals surface area contributed by atoms with Gasteiger partial charge < -0.3 is 15.4 Å². The second kappa shape index (κ2) is 11.6.